The molecule has 0 bridgehead atoms. The predicted octanol–water partition coefficient (Wildman–Crippen LogP) is 1.99. The molecule has 0 saturated carbocycles. The normalized spacial score (nSPS) is 12.6. The second-order valence-electron chi connectivity index (χ2n) is 3.28. The van der Waals surface area contributed by atoms with Gasteiger partial charge in [0.1, 0.15) is 5.75 Å². The number of hydrogen-bond donors (Lipinski definition) is 2. The van der Waals surface area contributed by atoms with Crippen LogP contribution in [0.4, 0.5) is 0 Å². The molecule has 1 aromatic rings. The quantitative estimate of drug-likeness (QED) is 0.797. The molecule has 0 radical (unpaired) electrons. The highest BCUT2D eigenvalue weighted by molar-refractivity contribution is 9.10. The number of nitrogens with two attached hydrogens (primary N) is 1. The van der Waals surface area contributed by atoms with Crippen molar-refractivity contribution in [3.63, 3.8) is 0 Å². The first-order chi connectivity index (χ1) is 6.43. The van der Waals surface area contributed by atoms with E-state index >= 15 is 0 Å². The van der Waals surface area contributed by atoms with Crippen molar-refractivity contribution < 1.29 is 9.90 Å². The van der Waals surface area contributed by atoms with Gasteiger partial charge >= 0.3 is 0 Å². The fourth-order valence-electron chi connectivity index (χ4n) is 1.18. The van der Waals surface area contributed by atoms with E-state index in [1.807, 2.05) is 6.92 Å². The van der Waals surface area contributed by atoms with Crippen molar-refractivity contribution in [2.24, 2.45) is 5.73 Å². The second kappa shape index (κ2) is 4.11. The minimum Gasteiger partial charge on any atom is -0.508 e. The minimum absolute atomic E-state index is 0.0784. The zero-order valence-corrected chi connectivity index (χ0v) is 9.63. The van der Waals surface area contributed by atoms with Crippen molar-refractivity contribution >= 4 is 21.7 Å². The van der Waals surface area contributed by atoms with Crippen LogP contribution < -0.4 is 5.73 Å². The summed E-state index contributed by atoms with van der Waals surface area (Å²) in [5, 5.41) is 9.34. The van der Waals surface area contributed by atoms with Crippen LogP contribution in [0, 0.1) is 6.92 Å². The predicted molar refractivity (Wildman–Crippen MR) is 58.5 cm³/mol. The van der Waals surface area contributed by atoms with Crippen LogP contribution in [0.1, 0.15) is 22.8 Å². The lowest BCUT2D eigenvalue weighted by atomic mass is 10.0. The van der Waals surface area contributed by atoms with E-state index in [0.29, 0.717) is 10.0 Å². The zero-order valence-electron chi connectivity index (χ0n) is 8.04. The van der Waals surface area contributed by atoms with Crippen molar-refractivity contribution in [1.29, 1.82) is 0 Å². The Bertz CT molecular complexity index is 375. The maximum absolute atomic E-state index is 11.6. The number of aryl methyl sites for hydroxylation is 1. The average molecular weight is 258 g/mol. The minimum atomic E-state index is -0.563. The van der Waals surface area contributed by atoms with Gasteiger partial charge in [-0.25, -0.2) is 0 Å². The van der Waals surface area contributed by atoms with Crippen LogP contribution in [-0.4, -0.2) is 16.9 Å². The number of phenols is 1. The van der Waals surface area contributed by atoms with Gasteiger partial charge in [-0.3, -0.25) is 4.79 Å². The number of rotatable bonds is 2. The molecule has 1 unspecified atom stereocenters. The van der Waals surface area contributed by atoms with Crippen LogP contribution in [0.3, 0.4) is 0 Å². The lowest BCUT2D eigenvalue weighted by Crippen LogP contribution is -2.27. The molecule has 3 N–H and O–H groups in total. The number of Topliss-reactive ketones (excluding diaryl/α,β-unsaturated/α-hetero) is 1. The van der Waals surface area contributed by atoms with E-state index in [1.165, 1.54) is 6.07 Å². The number of phenolic OH excluding ortho intramolecular Hbond substituents is 1. The molecule has 0 heterocycles. The molecule has 76 valence electrons. The van der Waals surface area contributed by atoms with Gasteiger partial charge in [0.25, 0.3) is 0 Å². The van der Waals surface area contributed by atoms with Crippen LogP contribution in [0.15, 0.2) is 16.6 Å². The summed E-state index contributed by atoms with van der Waals surface area (Å²) >= 11 is 3.30. The van der Waals surface area contributed by atoms with Crippen LogP contribution in [0.5, 0.6) is 5.75 Å². The molecule has 0 spiro atoms. The lowest BCUT2D eigenvalue weighted by molar-refractivity contribution is 0.0966. The monoisotopic (exact) mass is 257 g/mol. The molecule has 0 aromatic heterocycles. The van der Waals surface area contributed by atoms with Crippen molar-refractivity contribution in [1.82, 2.24) is 0 Å². The summed E-state index contributed by atoms with van der Waals surface area (Å²) in [5.41, 5.74) is 6.73. The Labute approximate surface area is 91.1 Å². The summed E-state index contributed by atoms with van der Waals surface area (Å²) in [6.07, 6.45) is 0. The van der Waals surface area contributed by atoms with Crippen LogP contribution >= 0.6 is 15.9 Å². The van der Waals surface area contributed by atoms with E-state index in [2.05, 4.69) is 15.9 Å². The van der Waals surface area contributed by atoms with Gasteiger partial charge in [-0.05, 0) is 47.5 Å². The maximum Gasteiger partial charge on any atom is 0.180 e. The maximum atomic E-state index is 11.6. The van der Waals surface area contributed by atoms with E-state index in [0.717, 1.165) is 5.56 Å². The second-order valence-corrected chi connectivity index (χ2v) is 4.07. The van der Waals surface area contributed by atoms with Crippen LogP contribution in [0.2, 0.25) is 0 Å². The number of ketones is 1. The number of aromatic hydroxyl groups is 1. The summed E-state index contributed by atoms with van der Waals surface area (Å²) in [7, 11) is 0. The van der Waals surface area contributed by atoms with Gasteiger partial charge in [0.15, 0.2) is 5.78 Å². The molecular formula is C10H12BrNO2. The van der Waals surface area contributed by atoms with Crippen molar-refractivity contribution in [3.05, 3.63) is 27.7 Å². The Morgan fingerprint density at radius 3 is 2.64 bits per heavy atom. The van der Waals surface area contributed by atoms with Gasteiger partial charge in [-0.1, -0.05) is 0 Å². The van der Waals surface area contributed by atoms with Gasteiger partial charge in [-0.15, -0.1) is 0 Å². The molecule has 4 heteroatoms. The Morgan fingerprint density at radius 1 is 1.57 bits per heavy atom. The third-order valence-electron chi connectivity index (χ3n) is 1.92. The molecule has 0 amide bonds. The van der Waals surface area contributed by atoms with Gasteiger partial charge in [0, 0.05) is 10.0 Å². The largest absolute Gasteiger partial charge is 0.508 e. The van der Waals surface area contributed by atoms with Gasteiger partial charge in [0.2, 0.25) is 0 Å². The number of halogens is 1. The third-order valence-corrected chi connectivity index (χ3v) is 2.97. The van der Waals surface area contributed by atoms with Crippen LogP contribution in [0.25, 0.3) is 0 Å². The molecule has 0 saturated heterocycles. The number of benzene rings is 1. The molecule has 1 aromatic carbocycles. The average Bonchev–Trinajstić information content (AvgIpc) is 2.09. The molecule has 14 heavy (non-hydrogen) atoms. The number of hydrogen-bond acceptors (Lipinski definition) is 3. The standard InChI is InChI=1S/C10H12BrNO2/c1-5-3-7(13)4-8(9(5)11)10(14)6(2)12/h3-4,6,13H,12H2,1-2H3. The molecular weight excluding hydrogens is 246 g/mol. The van der Waals surface area contributed by atoms with Gasteiger partial charge in [-0.2, -0.15) is 0 Å². The lowest BCUT2D eigenvalue weighted by Gasteiger charge is -2.09. The highest BCUT2D eigenvalue weighted by Crippen LogP contribution is 2.27. The Hall–Kier alpha value is -0.870. The number of carbonyl (C=O) groups is 1. The zero-order chi connectivity index (χ0) is 10.9. The highest BCUT2D eigenvalue weighted by atomic mass is 79.9. The van der Waals surface area contributed by atoms with E-state index in [-0.39, 0.29) is 11.5 Å². The van der Waals surface area contributed by atoms with E-state index in [9.17, 15) is 9.90 Å². The Morgan fingerprint density at radius 2 is 2.14 bits per heavy atom. The molecule has 1 atom stereocenters. The smallest absolute Gasteiger partial charge is 0.180 e. The van der Waals surface area contributed by atoms with E-state index in [1.54, 1.807) is 13.0 Å². The summed E-state index contributed by atoms with van der Waals surface area (Å²) < 4.78 is 0.692. The summed E-state index contributed by atoms with van der Waals surface area (Å²) in [4.78, 5) is 11.6. The van der Waals surface area contributed by atoms with Crippen LogP contribution in [-0.2, 0) is 0 Å². The fourth-order valence-corrected chi connectivity index (χ4v) is 1.60. The topological polar surface area (TPSA) is 63.3 Å². The molecule has 1 rings (SSSR count). The van der Waals surface area contributed by atoms with E-state index in [4.69, 9.17) is 5.73 Å². The first-order valence-corrected chi connectivity index (χ1v) is 5.01. The number of carbonyl (C=O) groups excluding carboxylic acids is 1. The fraction of sp³-hybridized carbons (Fsp3) is 0.300. The molecule has 0 aliphatic carbocycles. The summed E-state index contributed by atoms with van der Waals surface area (Å²) in [5.74, 6) is -0.106. The molecule has 0 fully saturated rings. The van der Waals surface area contributed by atoms with Gasteiger partial charge in [0.05, 0.1) is 6.04 Å². The van der Waals surface area contributed by atoms with Crippen molar-refractivity contribution in [3.8, 4) is 5.75 Å². The Balaban J connectivity index is 3.27. The van der Waals surface area contributed by atoms with Crippen molar-refractivity contribution in [2.75, 3.05) is 0 Å². The summed E-state index contributed by atoms with van der Waals surface area (Å²) in [6, 6.07) is 2.44. The Kier molecular flexibility index (Phi) is 3.29. The SMILES string of the molecule is Cc1cc(O)cc(C(=O)C(C)N)c1Br. The van der Waals surface area contributed by atoms with E-state index < -0.39 is 6.04 Å². The molecule has 3 nitrogen and oxygen atoms in total. The van der Waals surface area contributed by atoms with Gasteiger partial charge < -0.3 is 10.8 Å². The summed E-state index contributed by atoms with van der Waals surface area (Å²) in [6.45, 7) is 3.43. The third kappa shape index (κ3) is 2.13. The highest BCUT2D eigenvalue weighted by Gasteiger charge is 2.16. The molecule has 0 aliphatic rings. The van der Waals surface area contributed by atoms with Crippen molar-refractivity contribution in [2.45, 2.75) is 19.9 Å². The first kappa shape index (κ1) is 11.2. The first-order valence-electron chi connectivity index (χ1n) is 4.22. The molecule has 0 aliphatic heterocycles.